The second-order valence-electron chi connectivity index (χ2n) is 7.32. The Bertz CT molecular complexity index is 984. The van der Waals surface area contributed by atoms with Gasteiger partial charge in [-0.25, -0.2) is 4.98 Å². The van der Waals surface area contributed by atoms with E-state index < -0.39 is 0 Å². The molecule has 0 radical (unpaired) electrons. The Labute approximate surface area is 162 Å². The Morgan fingerprint density at radius 1 is 1.29 bits per heavy atom. The number of nitrogens with zero attached hydrogens (tertiary/aromatic N) is 5. The number of benzene rings is 1. The molecule has 9 nitrogen and oxygen atoms in total. The first-order valence-corrected chi connectivity index (χ1v) is 9.41. The summed E-state index contributed by atoms with van der Waals surface area (Å²) in [6.45, 7) is 3.97. The number of aromatic nitrogens is 5. The number of nitrogens with two attached hydrogens (primary N) is 1. The highest BCUT2D eigenvalue weighted by Crippen LogP contribution is 2.27. The summed E-state index contributed by atoms with van der Waals surface area (Å²) in [6.07, 6.45) is 4.11. The second kappa shape index (κ2) is 7.41. The molecule has 4 rings (SSSR count). The summed E-state index contributed by atoms with van der Waals surface area (Å²) < 4.78 is 7.35. The normalized spacial score (nSPS) is 19.2. The minimum absolute atomic E-state index is 0.0833. The van der Waals surface area contributed by atoms with Crippen LogP contribution in [0, 0.1) is 5.92 Å². The first kappa shape index (κ1) is 18.1. The van der Waals surface area contributed by atoms with Crippen LogP contribution in [0.15, 0.2) is 30.5 Å². The van der Waals surface area contributed by atoms with Crippen molar-refractivity contribution in [2.75, 3.05) is 5.32 Å². The van der Waals surface area contributed by atoms with Crippen molar-refractivity contribution in [2.45, 2.75) is 45.3 Å². The molecule has 0 saturated heterocycles. The fourth-order valence-corrected chi connectivity index (χ4v) is 3.46. The number of hydrogen-bond acceptors (Lipinski definition) is 7. The van der Waals surface area contributed by atoms with E-state index in [2.05, 4.69) is 25.6 Å². The van der Waals surface area contributed by atoms with Crippen LogP contribution in [0.2, 0.25) is 0 Å². The lowest BCUT2D eigenvalue weighted by atomic mass is 10.1. The third-order valence-electron chi connectivity index (χ3n) is 4.81. The summed E-state index contributed by atoms with van der Waals surface area (Å²) in [6, 6.07) is 7.74. The zero-order valence-corrected chi connectivity index (χ0v) is 15.9. The number of carbonyl (C=O) groups excluding carboxylic acids is 1. The Hall–Kier alpha value is -3.23. The van der Waals surface area contributed by atoms with E-state index in [1.165, 1.54) is 0 Å². The van der Waals surface area contributed by atoms with Gasteiger partial charge in [-0.3, -0.25) is 4.79 Å². The molecule has 1 amide bonds. The molecule has 3 N–H and O–H groups in total. The molecular weight excluding hydrogens is 358 g/mol. The van der Waals surface area contributed by atoms with Crippen molar-refractivity contribution in [1.29, 1.82) is 0 Å². The van der Waals surface area contributed by atoms with Crippen LogP contribution in [0.25, 0.3) is 16.9 Å². The summed E-state index contributed by atoms with van der Waals surface area (Å²) >= 11 is 0. The lowest BCUT2D eigenvalue weighted by Gasteiger charge is -2.12. The Kier molecular flexibility index (Phi) is 4.81. The number of rotatable bonds is 6. The molecule has 0 bridgehead atoms. The minimum atomic E-state index is -0.243. The number of amides is 1. The van der Waals surface area contributed by atoms with Gasteiger partial charge in [0.2, 0.25) is 11.9 Å². The van der Waals surface area contributed by atoms with Crippen LogP contribution >= 0.6 is 0 Å². The van der Waals surface area contributed by atoms with Crippen molar-refractivity contribution in [3.8, 4) is 11.4 Å². The number of carbonyl (C=O) groups is 1. The summed E-state index contributed by atoms with van der Waals surface area (Å²) in [5.74, 6) is 0.962. The van der Waals surface area contributed by atoms with E-state index in [0.717, 1.165) is 24.3 Å². The van der Waals surface area contributed by atoms with Crippen LogP contribution < -0.4 is 15.8 Å². The topological polar surface area (TPSA) is 121 Å². The Morgan fingerprint density at radius 2 is 2.07 bits per heavy atom. The van der Waals surface area contributed by atoms with Crippen molar-refractivity contribution < 1.29 is 9.53 Å². The maximum atomic E-state index is 11.4. The monoisotopic (exact) mass is 381 g/mol. The molecule has 3 aromatic rings. The number of anilines is 1. The lowest BCUT2D eigenvalue weighted by Crippen LogP contribution is -2.23. The maximum Gasteiger partial charge on any atom is 0.225 e. The van der Waals surface area contributed by atoms with E-state index in [4.69, 9.17) is 10.5 Å². The van der Waals surface area contributed by atoms with Gasteiger partial charge in [-0.05, 0) is 57.4 Å². The zero-order valence-electron chi connectivity index (χ0n) is 15.9. The van der Waals surface area contributed by atoms with E-state index >= 15 is 0 Å². The van der Waals surface area contributed by atoms with E-state index in [1.54, 1.807) is 10.9 Å². The van der Waals surface area contributed by atoms with Crippen LogP contribution in [0.4, 0.5) is 5.95 Å². The highest BCUT2D eigenvalue weighted by molar-refractivity contribution is 5.77. The highest BCUT2D eigenvalue weighted by atomic mass is 16.5. The molecule has 146 valence electrons. The zero-order chi connectivity index (χ0) is 19.7. The van der Waals surface area contributed by atoms with Gasteiger partial charge in [-0.15, -0.1) is 5.10 Å². The van der Waals surface area contributed by atoms with Gasteiger partial charge in [-0.2, -0.15) is 9.67 Å². The van der Waals surface area contributed by atoms with Crippen LogP contribution in [0.3, 0.4) is 0 Å². The Morgan fingerprint density at radius 3 is 2.75 bits per heavy atom. The molecule has 1 aromatic carbocycles. The smallest absolute Gasteiger partial charge is 0.225 e. The quantitative estimate of drug-likeness (QED) is 0.670. The highest BCUT2D eigenvalue weighted by Gasteiger charge is 2.28. The fourth-order valence-electron chi connectivity index (χ4n) is 3.46. The molecule has 1 aliphatic rings. The Balaban J connectivity index is 1.56. The molecule has 2 atom stereocenters. The summed E-state index contributed by atoms with van der Waals surface area (Å²) in [5, 5.41) is 11.6. The minimum Gasteiger partial charge on any atom is -0.491 e. The number of ether oxygens (including phenoxy) is 1. The van der Waals surface area contributed by atoms with Crippen molar-refractivity contribution in [3.63, 3.8) is 0 Å². The van der Waals surface area contributed by atoms with Crippen LogP contribution in [0.5, 0.6) is 5.75 Å². The van der Waals surface area contributed by atoms with Gasteiger partial charge in [0.1, 0.15) is 5.75 Å². The van der Waals surface area contributed by atoms with Crippen molar-refractivity contribution in [1.82, 2.24) is 25.0 Å². The fraction of sp³-hybridized carbons (Fsp3) is 0.421. The number of nitrogens with one attached hydrogen (secondary N) is 1. The van der Waals surface area contributed by atoms with Crippen molar-refractivity contribution in [2.24, 2.45) is 11.7 Å². The molecule has 2 unspecified atom stereocenters. The molecule has 1 saturated carbocycles. The van der Waals surface area contributed by atoms with Gasteiger partial charge >= 0.3 is 0 Å². The third-order valence-corrected chi connectivity index (χ3v) is 4.81. The average Bonchev–Trinajstić information content (AvgIpc) is 3.29. The van der Waals surface area contributed by atoms with Gasteiger partial charge in [-0.1, -0.05) is 5.21 Å². The third kappa shape index (κ3) is 3.73. The second-order valence-corrected chi connectivity index (χ2v) is 7.32. The molecule has 9 heteroatoms. The SMILES string of the molecule is CC(C)Oc1ccc(-n2nnc3cnc(NC4CCC(C(N)=O)C4)nc32)cc1. The van der Waals surface area contributed by atoms with Crippen LogP contribution in [-0.2, 0) is 4.79 Å². The van der Waals surface area contributed by atoms with Gasteiger partial charge in [0.05, 0.1) is 18.0 Å². The number of hydrogen-bond donors (Lipinski definition) is 2. The first-order valence-electron chi connectivity index (χ1n) is 9.41. The molecule has 0 spiro atoms. The predicted octanol–water partition coefficient (Wildman–Crippen LogP) is 2.06. The molecule has 1 fully saturated rings. The van der Waals surface area contributed by atoms with Crippen molar-refractivity contribution >= 4 is 23.0 Å². The van der Waals surface area contributed by atoms with E-state index in [9.17, 15) is 4.79 Å². The van der Waals surface area contributed by atoms with Crippen molar-refractivity contribution in [3.05, 3.63) is 30.5 Å². The molecule has 0 aliphatic heterocycles. The standard InChI is InChI=1S/C19H23N7O2/c1-11(2)28-15-7-5-14(6-8-15)26-18-16(24-25-26)10-21-19(23-18)22-13-4-3-12(9-13)17(20)27/h5-8,10-13H,3-4,9H2,1-2H3,(H2,20,27)(H,21,22,23). The predicted molar refractivity (Wildman–Crippen MR) is 104 cm³/mol. The largest absolute Gasteiger partial charge is 0.491 e. The molecule has 2 heterocycles. The van der Waals surface area contributed by atoms with Gasteiger partial charge < -0.3 is 15.8 Å². The van der Waals surface area contributed by atoms with E-state index in [0.29, 0.717) is 23.5 Å². The number of fused-ring (bicyclic) bond motifs is 1. The summed E-state index contributed by atoms with van der Waals surface area (Å²) in [7, 11) is 0. The molecule has 28 heavy (non-hydrogen) atoms. The maximum absolute atomic E-state index is 11.4. The average molecular weight is 381 g/mol. The molecule has 1 aliphatic carbocycles. The van der Waals surface area contributed by atoms with E-state index in [-0.39, 0.29) is 24.0 Å². The van der Waals surface area contributed by atoms with Crippen LogP contribution in [0.1, 0.15) is 33.1 Å². The summed E-state index contributed by atoms with van der Waals surface area (Å²) in [4.78, 5) is 20.3. The summed E-state index contributed by atoms with van der Waals surface area (Å²) in [5.41, 5.74) is 7.46. The first-order chi connectivity index (χ1) is 13.5. The number of primary amides is 1. The van der Waals surface area contributed by atoms with Gasteiger partial charge in [0.25, 0.3) is 0 Å². The van der Waals surface area contributed by atoms with Gasteiger partial charge in [0.15, 0.2) is 11.2 Å². The van der Waals surface area contributed by atoms with Crippen LogP contribution in [-0.4, -0.2) is 43.0 Å². The molecule has 2 aromatic heterocycles. The molecular formula is C19H23N7O2. The van der Waals surface area contributed by atoms with E-state index in [1.807, 2.05) is 38.1 Å². The lowest BCUT2D eigenvalue weighted by molar-refractivity contribution is -0.121. The van der Waals surface area contributed by atoms with Gasteiger partial charge in [0, 0.05) is 12.0 Å².